The van der Waals surface area contributed by atoms with Gasteiger partial charge in [0.05, 0.1) is 0 Å². The van der Waals surface area contributed by atoms with Crippen molar-refractivity contribution in [3.05, 3.63) is 59.3 Å². The minimum atomic E-state index is -1.44. The second kappa shape index (κ2) is 6.26. The lowest BCUT2D eigenvalue weighted by atomic mass is 9.89. The second-order valence-electron chi connectivity index (χ2n) is 6.02. The number of urea groups is 1. The van der Waals surface area contributed by atoms with Crippen LogP contribution in [0.1, 0.15) is 18.6 Å². The quantitative estimate of drug-likeness (QED) is 0.405. The fraction of sp³-hybridized carbons (Fsp3) is 0.176. The third-order valence-corrected chi connectivity index (χ3v) is 4.29. The van der Waals surface area contributed by atoms with Gasteiger partial charge in [0, 0.05) is 12.1 Å². The number of benzene rings is 2. The molecular formula is C17H17N3O5. The highest BCUT2D eigenvalue weighted by Crippen LogP contribution is 2.30. The first-order valence-corrected chi connectivity index (χ1v) is 7.56. The Morgan fingerprint density at radius 2 is 1.80 bits per heavy atom. The molecule has 3 unspecified atom stereocenters. The smallest absolute Gasteiger partial charge is 0.322 e. The van der Waals surface area contributed by atoms with E-state index in [1.807, 2.05) is 0 Å². The van der Waals surface area contributed by atoms with E-state index in [0.29, 0.717) is 5.56 Å². The van der Waals surface area contributed by atoms with Gasteiger partial charge in [0.25, 0.3) is 5.91 Å². The Bertz CT molecular complexity index is 821. The zero-order valence-electron chi connectivity index (χ0n) is 13.3. The molecule has 1 fully saturated rings. The van der Waals surface area contributed by atoms with E-state index in [-0.39, 0.29) is 5.69 Å². The molecule has 25 heavy (non-hydrogen) atoms. The lowest BCUT2D eigenvalue weighted by molar-refractivity contribution is -0.991. The van der Waals surface area contributed by atoms with Gasteiger partial charge < -0.3 is 15.6 Å². The molecule has 0 spiro atoms. The van der Waals surface area contributed by atoms with Crippen LogP contribution in [-0.2, 0) is 4.79 Å². The van der Waals surface area contributed by atoms with Gasteiger partial charge in [-0.2, -0.15) is 5.23 Å². The molecule has 1 heterocycles. The number of imide groups is 1. The van der Waals surface area contributed by atoms with Crippen molar-refractivity contribution in [2.75, 3.05) is 0 Å². The number of aliphatic hydroxyl groups excluding tert-OH is 1. The molecule has 5 N–H and O–H groups in total. The van der Waals surface area contributed by atoms with Crippen LogP contribution in [0.15, 0.2) is 48.5 Å². The highest BCUT2D eigenvalue weighted by atomic mass is 16.8. The number of hydrogen-bond donors (Lipinski definition) is 5. The lowest BCUT2D eigenvalue weighted by Gasteiger charge is -2.27. The minimum Gasteiger partial charge on any atom is -0.595 e. The summed E-state index contributed by atoms with van der Waals surface area (Å²) in [4.78, 5) is 23.2. The molecule has 1 aliphatic heterocycles. The van der Waals surface area contributed by atoms with Crippen LogP contribution in [0.2, 0.25) is 0 Å². The Morgan fingerprint density at radius 3 is 2.36 bits per heavy atom. The van der Waals surface area contributed by atoms with E-state index in [1.54, 1.807) is 42.5 Å². The van der Waals surface area contributed by atoms with Crippen molar-refractivity contribution in [2.24, 2.45) is 0 Å². The molecule has 0 aromatic heterocycles. The predicted molar refractivity (Wildman–Crippen MR) is 87.7 cm³/mol. The maximum absolute atomic E-state index is 11.9. The van der Waals surface area contributed by atoms with Crippen molar-refractivity contribution in [3.8, 4) is 11.1 Å². The maximum atomic E-state index is 11.9. The van der Waals surface area contributed by atoms with E-state index in [4.69, 9.17) is 5.21 Å². The average Bonchev–Trinajstić information content (AvgIpc) is 2.87. The van der Waals surface area contributed by atoms with E-state index >= 15 is 0 Å². The van der Waals surface area contributed by atoms with Gasteiger partial charge in [-0.25, -0.2) is 10.0 Å². The zero-order valence-corrected chi connectivity index (χ0v) is 13.3. The molecule has 2 aromatic carbocycles. The van der Waals surface area contributed by atoms with Gasteiger partial charge in [-0.3, -0.25) is 10.1 Å². The topological polar surface area (TPSA) is 126 Å². The average molecular weight is 343 g/mol. The molecule has 0 saturated carbocycles. The first-order chi connectivity index (χ1) is 11.8. The molecule has 2 aromatic rings. The van der Waals surface area contributed by atoms with Gasteiger partial charge in [-0.15, -0.1) is 0 Å². The van der Waals surface area contributed by atoms with Crippen molar-refractivity contribution in [1.82, 2.24) is 10.6 Å². The van der Waals surface area contributed by atoms with Crippen LogP contribution in [0.5, 0.6) is 0 Å². The van der Waals surface area contributed by atoms with Crippen LogP contribution in [0.25, 0.3) is 11.1 Å². The second-order valence-corrected chi connectivity index (χ2v) is 6.02. The highest BCUT2D eigenvalue weighted by Gasteiger charge is 2.48. The van der Waals surface area contributed by atoms with Crippen LogP contribution in [0.3, 0.4) is 0 Å². The van der Waals surface area contributed by atoms with Gasteiger partial charge in [0.15, 0.2) is 5.69 Å². The molecule has 1 saturated heterocycles. The number of nitrogens with one attached hydrogen (secondary N) is 3. The highest BCUT2D eigenvalue weighted by molar-refractivity contribution is 6.07. The van der Waals surface area contributed by atoms with E-state index in [0.717, 1.165) is 11.1 Å². The van der Waals surface area contributed by atoms with Crippen molar-refractivity contribution >= 4 is 17.6 Å². The van der Waals surface area contributed by atoms with E-state index in [1.165, 1.54) is 13.0 Å². The number of carbonyl (C=O) groups is 2. The van der Waals surface area contributed by atoms with Crippen LogP contribution < -0.4 is 15.9 Å². The number of carbonyl (C=O) groups excluding carboxylic acids is 2. The Morgan fingerprint density at radius 1 is 1.12 bits per heavy atom. The number of rotatable bonds is 4. The molecule has 0 radical (unpaired) electrons. The number of aliphatic hydroxyl groups is 1. The van der Waals surface area contributed by atoms with E-state index < -0.39 is 28.8 Å². The summed E-state index contributed by atoms with van der Waals surface area (Å²) in [7, 11) is 0. The van der Waals surface area contributed by atoms with Gasteiger partial charge in [0.2, 0.25) is 0 Å². The number of quaternary nitrogens is 1. The zero-order chi connectivity index (χ0) is 18.2. The molecule has 130 valence electrons. The maximum Gasteiger partial charge on any atom is 0.322 e. The van der Waals surface area contributed by atoms with Crippen LogP contribution >= 0.6 is 0 Å². The van der Waals surface area contributed by atoms with E-state index in [9.17, 15) is 19.9 Å². The Hall–Kier alpha value is -2.78. The molecule has 3 atom stereocenters. The standard InChI is InChI=1S/C17H17N3O5/c1-17(15(22)18-16(23)19-17)14(21)11-7-5-10(6-8-11)12-3-2-4-13(9-12)20(24)25/h2-9,14,20-21,24H,1H3,(H2,18,19,22,23). The molecule has 0 aliphatic carbocycles. The monoisotopic (exact) mass is 343 g/mol. The summed E-state index contributed by atoms with van der Waals surface area (Å²) in [5.41, 5.74) is 0.683. The summed E-state index contributed by atoms with van der Waals surface area (Å²) >= 11 is 0. The predicted octanol–water partition coefficient (Wildman–Crippen LogP) is 0.388. The minimum absolute atomic E-state index is 0.180. The summed E-state index contributed by atoms with van der Waals surface area (Å²) in [6.45, 7) is 1.45. The van der Waals surface area contributed by atoms with Gasteiger partial charge >= 0.3 is 6.03 Å². The molecule has 3 amide bonds. The van der Waals surface area contributed by atoms with Crippen molar-refractivity contribution < 1.29 is 25.1 Å². The molecule has 3 rings (SSSR count). The first kappa shape index (κ1) is 17.1. The third-order valence-electron chi connectivity index (χ3n) is 4.29. The van der Waals surface area contributed by atoms with Crippen molar-refractivity contribution in [3.63, 3.8) is 0 Å². The lowest BCUT2D eigenvalue weighted by Crippen LogP contribution is -2.99. The fourth-order valence-electron chi connectivity index (χ4n) is 2.77. The van der Waals surface area contributed by atoms with Crippen LogP contribution in [0, 0.1) is 5.21 Å². The fourth-order valence-corrected chi connectivity index (χ4v) is 2.77. The normalized spacial score (nSPS) is 22.2. The summed E-state index contributed by atoms with van der Waals surface area (Å²) in [6.07, 6.45) is -1.22. The summed E-state index contributed by atoms with van der Waals surface area (Å²) in [5.74, 6) is -0.594. The molecule has 0 bridgehead atoms. The number of amides is 3. The SMILES string of the molecule is CC1(C(O)c2ccc(-c3cccc([NH+]([O-])O)c3)cc2)NC(=O)NC1=O. The molecule has 1 aliphatic rings. The van der Waals surface area contributed by atoms with Gasteiger partial charge in [0.1, 0.15) is 11.6 Å². The van der Waals surface area contributed by atoms with Gasteiger partial charge in [-0.1, -0.05) is 36.4 Å². The van der Waals surface area contributed by atoms with Crippen molar-refractivity contribution in [1.29, 1.82) is 0 Å². The van der Waals surface area contributed by atoms with Crippen LogP contribution in [0.4, 0.5) is 10.5 Å². The molecular weight excluding hydrogens is 326 g/mol. The third kappa shape index (κ3) is 3.11. The van der Waals surface area contributed by atoms with Gasteiger partial charge in [-0.05, 0) is 23.6 Å². The summed E-state index contributed by atoms with van der Waals surface area (Å²) < 4.78 is 0. The van der Waals surface area contributed by atoms with Crippen LogP contribution in [-0.4, -0.2) is 27.8 Å². The molecule has 8 nitrogen and oxygen atoms in total. The first-order valence-electron chi connectivity index (χ1n) is 7.56. The summed E-state index contributed by atoms with van der Waals surface area (Å²) in [6, 6.07) is 12.6. The Kier molecular flexibility index (Phi) is 4.27. The Balaban J connectivity index is 1.86. The number of hydrogen-bond acceptors (Lipinski definition) is 5. The Labute approximate surface area is 143 Å². The van der Waals surface area contributed by atoms with E-state index in [2.05, 4.69) is 10.6 Å². The summed E-state index contributed by atoms with van der Waals surface area (Å²) in [5, 5.41) is 34.1. The van der Waals surface area contributed by atoms with Crippen molar-refractivity contribution in [2.45, 2.75) is 18.6 Å². The largest absolute Gasteiger partial charge is 0.595 e. The molecule has 8 heteroatoms.